The minimum atomic E-state index is 0.565. The van der Waals surface area contributed by atoms with Gasteiger partial charge in [-0.25, -0.2) is 9.97 Å². The zero-order valence-corrected chi connectivity index (χ0v) is 11.7. The van der Waals surface area contributed by atoms with Crippen molar-refractivity contribution < 1.29 is 0 Å². The zero-order valence-electron chi connectivity index (χ0n) is 10.1. The molecule has 1 saturated heterocycles. The van der Waals surface area contributed by atoms with Gasteiger partial charge in [0.25, 0.3) is 0 Å². The highest BCUT2D eigenvalue weighted by Crippen LogP contribution is 2.28. The lowest BCUT2D eigenvalue weighted by atomic mass is 9.92. The normalized spacial score (nSPS) is 25.9. The number of halogens is 1. The third-order valence-electron chi connectivity index (χ3n) is 3.46. The molecule has 0 spiro atoms. The summed E-state index contributed by atoms with van der Waals surface area (Å²) in [5.74, 6) is 2.62. The van der Waals surface area contributed by atoms with Gasteiger partial charge in [0.05, 0.1) is 0 Å². The molecular weight excluding hydrogens is 266 g/mol. The summed E-state index contributed by atoms with van der Waals surface area (Å²) >= 11 is 3.44. The van der Waals surface area contributed by atoms with Crippen LogP contribution in [-0.4, -0.2) is 22.6 Å². The van der Waals surface area contributed by atoms with Crippen molar-refractivity contribution in [3.05, 3.63) is 16.5 Å². The average Bonchev–Trinajstić information content (AvgIpc) is 2.20. The van der Waals surface area contributed by atoms with E-state index in [2.05, 4.69) is 44.6 Å². The molecule has 2 rings (SSSR count). The molecule has 0 saturated carbocycles. The monoisotopic (exact) mass is 283 g/mol. The van der Waals surface area contributed by atoms with Gasteiger partial charge < -0.3 is 4.90 Å². The number of anilines is 1. The van der Waals surface area contributed by atoms with Crippen LogP contribution in [0, 0.1) is 12.8 Å². The average molecular weight is 284 g/mol. The van der Waals surface area contributed by atoms with Gasteiger partial charge in [-0.2, -0.15) is 0 Å². The Morgan fingerprint density at radius 2 is 2.12 bits per heavy atom. The van der Waals surface area contributed by atoms with Crippen LogP contribution in [0.2, 0.25) is 0 Å². The van der Waals surface area contributed by atoms with E-state index in [0.717, 1.165) is 28.7 Å². The van der Waals surface area contributed by atoms with Crippen molar-refractivity contribution in [2.75, 3.05) is 11.4 Å². The van der Waals surface area contributed by atoms with Crippen LogP contribution in [0.4, 0.5) is 5.82 Å². The van der Waals surface area contributed by atoms with Crippen LogP contribution >= 0.6 is 15.9 Å². The molecule has 0 N–H and O–H groups in total. The summed E-state index contributed by atoms with van der Waals surface area (Å²) in [6, 6.07) is 2.58. The van der Waals surface area contributed by atoms with Gasteiger partial charge in [-0.05, 0) is 48.5 Å². The Morgan fingerprint density at radius 1 is 1.38 bits per heavy atom. The van der Waals surface area contributed by atoms with Crippen LogP contribution < -0.4 is 4.90 Å². The molecule has 1 aliphatic rings. The van der Waals surface area contributed by atoms with Gasteiger partial charge in [0.15, 0.2) is 0 Å². The van der Waals surface area contributed by atoms with Crippen molar-refractivity contribution in [1.82, 2.24) is 9.97 Å². The van der Waals surface area contributed by atoms with Crippen molar-refractivity contribution in [2.24, 2.45) is 5.92 Å². The summed E-state index contributed by atoms with van der Waals surface area (Å²) in [6.07, 6.45) is 2.58. The Kier molecular flexibility index (Phi) is 3.47. The van der Waals surface area contributed by atoms with Gasteiger partial charge >= 0.3 is 0 Å². The van der Waals surface area contributed by atoms with Crippen molar-refractivity contribution >= 4 is 21.7 Å². The quantitative estimate of drug-likeness (QED) is 0.742. The first-order valence-corrected chi connectivity index (χ1v) is 6.65. The first-order chi connectivity index (χ1) is 7.58. The number of hydrogen-bond acceptors (Lipinski definition) is 3. The van der Waals surface area contributed by atoms with Crippen molar-refractivity contribution in [3.8, 4) is 0 Å². The lowest BCUT2D eigenvalue weighted by Crippen LogP contribution is -2.43. The molecule has 0 amide bonds. The second-order valence-corrected chi connectivity index (χ2v) is 5.46. The molecule has 1 aliphatic heterocycles. The number of hydrogen-bond donors (Lipinski definition) is 0. The fourth-order valence-electron chi connectivity index (χ4n) is 2.32. The zero-order chi connectivity index (χ0) is 11.7. The summed E-state index contributed by atoms with van der Waals surface area (Å²) in [5.41, 5.74) is 0. The number of aryl methyl sites for hydroxylation is 1. The highest BCUT2D eigenvalue weighted by atomic mass is 79.9. The molecule has 2 heterocycles. The van der Waals surface area contributed by atoms with Crippen LogP contribution in [0.15, 0.2) is 10.7 Å². The SMILES string of the molecule is Cc1nc(Br)cc(N2CCCC(C)C2C)n1. The minimum Gasteiger partial charge on any atom is -0.354 e. The van der Waals surface area contributed by atoms with E-state index in [-0.39, 0.29) is 0 Å². The van der Waals surface area contributed by atoms with Crippen molar-refractivity contribution in [2.45, 2.75) is 39.7 Å². The van der Waals surface area contributed by atoms with E-state index >= 15 is 0 Å². The maximum Gasteiger partial charge on any atom is 0.133 e. The highest BCUT2D eigenvalue weighted by molar-refractivity contribution is 9.10. The van der Waals surface area contributed by atoms with E-state index in [4.69, 9.17) is 0 Å². The number of piperidine rings is 1. The molecule has 0 aliphatic carbocycles. The van der Waals surface area contributed by atoms with Crippen molar-refractivity contribution in [3.63, 3.8) is 0 Å². The van der Waals surface area contributed by atoms with E-state index in [0.29, 0.717) is 6.04 Å². The Morgan fingerprint density at radius 3 is 2.81 bits per heavy atom. The van der Waals surface area contributed by atoms with Crippen LogP contribution in [0.3, 0.4) is 0 Å². The molecule has 2 atom stereocenters. The molecule has 0 bridgehead atoms. The van der Waals surface area contributed by atoms with E-state index in [1.54, 1.807) is 0 Å². The Balaban J connectivity index is 2.28. The van der Waals surface area contributed by atoms with Gasteiger partial charge in [0.2, 0.25) is 0 Å². The Hall–Kier alpha value is -0.640. The molecule has 1 fully saturated rings. The second kappa shape index (κ2) is 4.70. The van der Waals surface area contributed by atoms with Gasteiger partial charge in [-0.3, -0.25) is 0 Å². The fourth-order valence-corrected chi connectivity index (χ4v) is 2.78. The first-order valence-electron chi connectivity index (χ1n) is 5.86. The third-order valence-corrected chi connectivity index (χ3v) is 3.87. The number of nitrogens with zero attached hydrogens (tertiary/aromatic N) is 3. The first kappa shape index (κ1) is 11.8. The lowest BCUT2D eigenvalue weighted by molar-refractivity contribution is 0.361. The van der Waals surface area contributed by atoms with E-state index in [9.17, 15) is 0 Å². The molecule has 0 aromatic carbocycles. The van der Waals surface area contributed by atoms with Gasteiger partial charge in [0, 0.05) is 18.7 Å². The van der Waals surface area contributed by atoms with E-state index in [1.807, 2.05) is 13.0 Å². The summed E-state index contributed by atoms with van der Waals surface area (Å²) < 4.78 is 0.875. The molecule has 0 radical (unpaired) electrons. The fraction of sp³-hybridized carbons (Fsp3) is 0.667. The van der Waals surface area contributed by atoms with Crippen LogP contribution in [0.5, 0.6) is 0 Å². The van der Waals surface area contributed by atoms with E-state index < -0.39 is 0 Å². The molecule has 16 heavy (non-hydrogen) atoms. The molecular formula is C12H18BrN3. The van der Waals surface area contributed by atoms with Crippen LogP contribution in [-0.2, 0) is 0 Å². The molecule has 1 aromatic heterocycles. The van der Waals surface area contributed by atoms with Crippen LogP contribution in [0.25, 0.3) is 0 Å². The largest absolute Gasteiger partial charge is 0.354 e. The highest BCUT2D eigenvalue weighted by Gasteiger charge is 2.25. The predicted octanol–water partition coefficient (Wildman–Crippen LogP) is 3.17. The molecule has 2 unspecified atom stereocenters. The maximum atomic E-state index is 4.53. The van der Waals surface area contributed by atoms with Crippen molar-refractivity contribution in [1.29, 1.82) is 0 Å². The summed E-state index contributed by atoms with van der Waals surface area (Å²) in [7, 11) is 0. The van der Waals surface area contributed by atoms with Gasteiger partial charge in [0.1, 0.15) is 16.2 Å². The molecule has 3 nitrogen and oxygen atoms in total. The second-order valence-electron chi connectivity index (χ2n) is 4.65. The van der Waals surface area contributed by atoms with E-state index in [1.165, 1.54) is 12.8 Å². The molecule has 88 valence electrons. The smallest absolute Gasteiger partial charge is 0.133 e. The molecule has 4 heteroatoms. The lowest BCUT2D eigenvalue weighted by Gasteiger charge is -2.38. The summed E-state index contributed by atoms with van der Waals surface area (Å²) in [5, 5.41) is 0. The Bertz CT molecular complexity index is 360. The van der Waals surface area contributed by atoms with Crippen LogP contribution in [0.1, 0.15) is 32.5 Å². The van der Waals surface area contributed by atoms with Gasteiger partial charge in [-0.1, -0.05) is 6.92 Å². The number of rotatable bonds is 1. The third kappa shape index (κ3) is 2.37. The Labute approximate surface area is 105 Å². The standard InChI is InChI=1S/C12H18BrN3/c1-8-5-4-6-16(9(8)2)12-7-11(13)14-10(3)15-12/h7-9H,4-6H2,1-3H3. The summed E-state index contributed by atoms with van der Waals surface area (Å²) in [6.45, 7) is 7.65. The topological polar surface area (TPSA) is 29.0 Å². The molecule has 1 aromatic rings. The van der Waals surface area contributed by atoms with Gasteiger partial charge in [-0.15, -0.1) is 0 Å². The number of aromatic nitrogens is 2. The minimum absolute atomic E-state index is 0.565. The maximum absolute atomic E-state index is 4.53. The summed E-state index contributed by atoms with van der Waals surface area (Å²) in [4.78, 5) is 11.2. The predicted molar refractivity (Wildman–Crippen MR) is 69.7 cm³/mol.